The average molecular weight is 458 g/mol. The van der Waals surface area contributed by atoms with Gasteiger partial charge in [0.25, 0.3) is 0 Å². The Balaban J connectivity index is 1.53. The summed E-state index contributed by atoms with van der Waals surface area (Å²) in [7, 11) is 0. The minimum absolute atomic E-state index is 0.389. The Bertz CT molecular complexity index is 894. The van der Waals surface area contributed by atoms with E-state index in [0.717, 1.165) is 49.3 Å². The van der Waals surface area contributed by atoms with E-state index in [0.29, 0.717) is 35.5 Å². The fourth-order valence-corrected chi connectivity index (χ4v) is 5.64. The van der Waals surface area contributed by atoms with Crippen molar-refractivity contribution in [3.8, 4) is 0 Å². The normalized spacial score (nSPS) is 20.1. The number of hydrogen-bond donors (Lipinski definition) is 3. The van der Waals surface area contributed by atoms with Crippen LogP contribution < -0.4 is 16.0 Å². The lowest BCUT2D eigenvalue weighted by Gasteiger charge is -2.23. The standard InChI is InChI=1S/C23H35N7OS/c1-3-30-12-8-11-18(30)13-24-21-27-22(25-17-9-6-4-5-7-10-17)29-23(28-21)26-20-19(14-31)16(2)15-32-20/h14-15,17-18H,3-13H2,1-2H3,(H3,24,25,26,27,28,29). The number of rotatable bonds is 9. The number of anilines is 4. The first kappa shape index (κ1) is 22.9. The van der Waals surface area contributed by atoms with Crippen LogP contribution in [0.1, 0.15) is 74.2 Å². The van der Waals surface area contributed by atoms with Gasteiger partial charge in [0.05, 0.1) is 5.56 Å². The third-order valence-electron chi connectivity index (χ3n) is 6.59. The fourth-order valence-electron chi connectivity index (χ4n) is 4.73. The molecule has 2 aliphatic rings. The van der Waals surface area contributed by atoms with E-state index in [1.807, 2.05) is 12.3 Å². The van der Waals surface area contributed by atoms with Crippen LogP contribution in [0, 0.1) is 6.92 Å². The Kier molecular flexibility index (Phi) is 7.91. The van der Waals surface area contributed by atoms with Crippen LogP contribution in [0.5, 0.6) is 0 Å². The molecule has 1 atom stereocenters. The summed E-state index contributed by atoms with van der Waals surface area (Å²) in [5, 5.41) is 13.0. The monoisotopic (exact) mass is 457 g/mol. The second-order valence-corrected chi connectivity index (χ2v) is 9.73. The maximum absolute atomic E-state index is 11.5. The summed E-state index contributed by atoms with van der Waals surface area (Å²) in [5.41, 5.74) is 1.62. The number of carbonyl (C=O) groups is 1. The highest BCUT2D eigenvalue weighted by Crippen LogP contribution is 2.29. The van der Waals surface area contributed by atoms with E-state index < -0.39 is 0 Å². The van der Waals surface area contributed by atoms with Gasteiger partial charge in [0.15, 0.2) is 6.29 Å². The van der Waals surface area contributed by atoms with E-state index in [2.05, 4.69) is 37.7 Å². The molecule has 0 spiro atoms. The predicted molar refractivity (Wildman–Crippen MR) is 131 cm³/mol. The summed E-state index contributed by atoms with van der Waals surface area (Å²) in [6, 6.07) is 0.897. The number of nitrogens with one attached hydrogen (secondary N) is 3. The molecule has 1 saturated heterocycles. The van der Waals surface area contributed by atoms with E-state index in [1.54, 1.807) is 0 Å². The summed E-state index contributed by atoms with van der Waals surface area (Å²) in [6.45, 7) is 7.19. The molecule has 32 heavy (non-hydrogen) atoms. The Morgan fingerprint density at radius 3 is 2.56 bits per heavy atom. The van der Waals surface area contributed by atoms with Crippen molar-refractivity contribution in [2.45, 2.75) is 77.3 Å². The molecule has 0 bridgehead atoms. The molecule has 1 aliphatic heterocycles. The van der Waals surface area contributed by atoms with Gasteiger partial charge in [0.2, 0.25) is 17.8 Å². The Morgan fingerprint density at radius 2 is 1.81 bits per heavy atom. The third kappa shape index (κ3) is 5.75. The molecule has 0 radical (unpaired) electrons. The van der Waals surface area contributed by atoms with Crippen LogP contribution in [-0.4, -0.2) is 57.9 Å². The molecule has 9 heteroatoms. The van der Waals surface area contributed by atoms with E-state index in [4.69, 9.17) is 4.98 Å². The van der Waals surface area contributed by atoms with Crippen molar-refractivity contribution in [1.29, 1.82) is 0 Å². The van der Waals surface area contributed by atoms with Crippen molar-refractivity contribution in [3.05, 3.63) is 16.5 Å². The molecule has 2 aromatic heterocycles. The van der Waals surface area contributed by atoms with Crippen LogP contribution in [-0.2, 0) is 0 Å². The largest absolute Gasteiger partial charge is 0.352 e. The SMILES string of the molecule is CCN1CCCC1CNc1nc(Nc2scc(C)c2C=O)nc(NC2CCCCCC2)n1. The quantitative estimate of drug-likeness (QED) is 0.364. The lowest BCUT2D eigenvalue weighted by atomic mass is 10.1. The van der Waals surface area contributed by atoms with Gasteiger partial charge >= 0.3 is 0 Å². The van der Waals surface area contributed by atoms with Crippen LogP contribution in [0.4, 0.5) is 22.8 Å². The highest BCUT2D eigenvalue weighted by Gasteiger charge is 2.23. The first-order valence-corrected chi connectivity index (χ1v) is 12.8. The fraction of sp³-hybridized carbons (Fsp3) is 0.652. The molecule has 1 saturated carbocycles. The Morgan fingerprint density at radius 1 is 1.06 bits per heavy atom. The van der Waals surface area contributed by atoms with Crippen molar-refractivity contribution < 1.29 is 4.79 Å². The van der Waals surface area contributed by atoms with Gasteiger partial charge in [0, 0.05) is 18.6 Å². The van der Waals surface area contributed by atoms with E-state index in [-0.39, 0.29) is 0 Å². The summed E-state index contributed by atoms with van der Waals surface area (Å²) < 4.78 is 0. The van der Waals surface area contributed by atoms with Gasteiger partial charge in [0.1, 0.15) is 5.00 Å². The summed E-state index contributed by atoms with van der Waals surface area (Å²) in [5.74, 6) is 1.63. The van der Waals surface area contributed by atoms with Gasteiger partial charge in [-0.25, -0.2) is 0 Å². The third-order valence-corrected chi connectivity index (χ3v) is 7.62. The van der Waals surface area contributed by atoms with Crippen LogP contribution in [0.2, 0.25) is 0 Å². The molecule has 3 N–H and O–H groups in total. The zero-order valence-corrected chi connectivity index (χ0v) is 20.0. The molecular weight excluding hydrogens is 422 g/mol. The highest BCUT2D eigenvalue weighted by molar-refractivity contribution is 7.14. The van der Waals surface area contributed by atoms with Gasteiger partial charge in [-0.05, 0) is 56.6 Å². The number of hydrogen-bond acceptors (Lipinski definition) is 9. The Hall–Kier alpha value is -2.26. The second kappa shape index (κ2) is 11.0. The van der Waals surface area contributed by atoms with Gasteiger partial charge in [-0.2, -0.15) is 15.0 Å². The number of aromatic nitrogens is 3. The van der Waals surface area contributed by atoms with Crippen LogP contribution in [0.15, 0.2) is 5.38 Å². The predicted octanol–water partition coefficient (Wildman–Crippen LogP) is 4.83. The molecular formula is C23H35N7OS. The smallest absolute Gasteiger partial charge is 0.234 e. The Labute approximate surface area is 194 Å². The van der Waals surface area contributed by atoms with Crippen LogP contribution >= 0.6 is 11.3 Å². The molecule has 8 nitrogen and oxygen atoms in total. The van der Waals surface area contributed by atoms with Crippen molar-refractivity contribution in [2.75, 3.05) is 35.6 Å². The van der Waals surface area contributed by atoms with Gasteiger partial charge in [-0.1, -0.05) is 32.6 Å². The second-order valence-electron chi connectivity index (χ2n) is 8.85. The number of likely N-dealkylation sites (N-methyl/N-ethyl adjacent to an activating group) is 1. The summed E-state index contributed by atoms with van der Waals surface area (Å²) in [4.78, 5) is 28.0. The van der Waals surface area contributed by atoms with Gasteiger partial charge < -0.3 is 16.0 Å². The van der Waals surface area contributed by atoms with E-state index in [9.17, 15) is 4.79 Å². The van der Waals surface area contributed by atoms with Crippen LogP contribution in [0.3, 0.4) is 0 Å². The first-order chi connectivity index (χ1) is 15.7. The van der Waals surface area contributed by atoms with Crippen molar-refractivity contribution in [3.63, 3.8) is 0 Å². The molecule has 1 unspecified atom stereocenters. The average Bonchev–Trinajstić information content (AvgIpc) is 3.30. The molecule has 2 aromatic rings. The number of nitrogens with zero attached hydrogens (tertiary/aromatic N) is 4. The van der Waals surface area contributed by atoms with Crippen molar-refractivity contribution >= 4 is 40.5 Å². The van der Waals surface area contributed by atoms with Crippen molar-refractivity contribution in [1.82, 2.24) is 19.9 Å². The zero-order chi connectivity index (χ0) is 22.3. The summed E-state index contributed by atoms with van der Waals surface area (Å²) >= 11 is 1.49. The summed E-state index contributed by atoms with van der Waals surface area (Å²) in [6.07, 6.45) is 10.7. The molecule has 1 aliphatic carbocycles. The minimum atomic E-state index is 0.389. The lowest BCUT2D eigenvalue weighted by molar-refractivity contribution is 0.112. The van der Waals surface area contributed by atoms with Crippen LogP contribution in [0.25, 0.3) is 0 Å². The first-order valence-electron chi connectivity index (χ1n) is 12.0. The number of aryl methyl sites for hydroxylation is 1. The lowest BCUT2D eigenvalue weighted by Crippen LogP contribution is -2.35. The minimum Gasteiger partial charge on any atom is -0.352 e. The highest BCUT2D eigenvalue weighted by atomic mass is 32.1. The number of thiophene rings is 1. The van der Waals surface area contributed by atoms with Gasteiger partial charge in [-0.3, -0.25) is 9.69 Å². The number of carbonyl (C=O) groups excluding carboxylic acids is 1. The molecule has 174 valence electrons. The van der Waals surface area contributed by atoms with Gasteiger partial charge in [-0.15, -0.1) is 11.3 Å². The molecule has 0 amide bonds. The van der Waals surface area contributed by atoms with E-state index in [1.165, 1.54) is 49.9 Å². The molecule has 3 heterocycles. The number of likely N-dealkylation sites (tertiary alicyclic amines) is 1. The molecule has 2 fully saturated rings. The maximum atomic E-state index is 11.5. The zero-order valence-electron chi connectivity index (χ0n) is 19.2. The molecule has 4 rings (SSSR count). The topological polar surface area (TPSA) is 95.1 Å². The number of aldehydes is 1. The van der Waals surface area contributed by atoms with E-state index >= 15 is 0 Å². The molecule has 0 aromatic carbocycles. The maximum Gasteiger partial charge on any atom is 0.234 e. The van der Waals surface area contributed by atoms with Crippen molar-refractivity contribution in [2.24, 2.45) is 0 Å².